The van der Waals surface area contributed by atoms with Crippen LogP contribution in [0.1, 0.15) is 53.4 Å². The van der Waals surface area contributed by atoms with Gasteiger partial charge in [0, 0.05) is 17.7 Å². The molecule has 0 spiro atoms. The predicted octanol–water partition coefficient (Wildman–Crippen LogP) is 2.17. The molecule has 1 aliphatic rings. The number of carboxylic acids is 1. The van der Waals surface area contributed by atoms with Crippen LogP contribution in [-0.2, 0) is 22.4 Å². The lowest BCUT2D eigenvalue weighted by atomic mass is 9.88. The molecule has 0 bridgehead atoms. The SMILES string of the molecule is C[C@@H]1CCc2c(sc(NC(=O)CCCC(=O)O)c2C(N)=O)C1. The molecule has 0 saturated heterocycles. The van der Waals surface area contributed by atoms with Crippen LogP contribution in [0.2, 0.25) is 0 Å². The fraction of sp³-hybridized carbons (Fsp3) is 0.533. The highest BCUT2D eigenvalue weighted by atomic mass is 32.1. The van der Waals surface area contributed by atoms with Crippen LogP contribution < -0.4 is 11.1 Å². The van der Waals surface area contributed by atoms with Gasteiger partial charge in [-0.1, -0.05) is 6.92 Å². The Morgan fingerprint density at radius 3 is 2.73 bits per heavy atom. The number of hydrogen-bond donors (Lipinski definition) is 3. The van der Waals surface area contributed by atoms with Gasteiger partial charge in [-0.3, -0.25) is 14.4 Å². The molecule has 2 amide bonds. The number of anilines is 1. The molecule has 1 aromatic heterocycles. The molecule has 0 radical (unpaired) electrons. The second kappa shape index (κ2) is 6.91. The third-order valence-electron chi connectivity index (χ3n) is 3.81. The van der Waals surface area contributed by atoms with Gasteiger partial charge in [0.25, 0.3) is 5.91 Å². The van der Waals surface area contributed by atoms with E-state index in [0.29, 0.717) is 16.5 Å². The number of carbonyl (C=O) groups is 3. The molecular formula is C15H20N2O4S. The zero-order valence-corrected chi connectivity index (χ0v) is 13.3. The Morgan fingerprint density at radius 2 is 2.09 bits per heavy atom. The summed E-state index contributed by atoms with van der Waals surface area (Å²) in [7, 11) is 0. The molecule has 1 heterocycles. The maximum absolute atomic E-state index is 11.9. The average Bonchev–Trinajstić information content (AvgIpc) is 2.74. The number of carbonyl (C=O) groups excluding carboxylic acids is 2. The molecule has 4 N–H and O–H groups in total. The fourth-order valence-corrected chi connectivity index (χ4v) is 4.12. The monoisotopic (exact) mass is 324 g/mol. The smallest absolute Gasteiger partial charge is 0.303 e. The van der Waals surface area contributed by atoms with Gasteiger partial charge in [-0.15, -0.1) is 11.3 Å². The largest absolute Gasteiger partial charge is 0.481 e. The summed E-state index contributed by atoms with van der Waals surface area (Å²) in [4.78, 5) is 35.2. The second-order valence-corrected chi connectivity index (χ2v) is 6.82. The van der Waals surface area contributed by atoms with Crippen molar-refractivity contribution in [3.8, 4) is 0 Å². The molecule has 0 unspecified atom stereocenters. The number of nitrogens with one attached hydrogen (secondary N) is 1. The van der Waals surface area contributed by atoms with Crippen LogP contribution in [0.15, 0.2) is 0 Å². The first-order valence-corrected chi connectivity index (χ1v) is 8.16. The molecule has 7 heteroatoms. The standard InChI is InChI=1S/C15H20N2O4S/c1-8-5-6-9-10(7-8)22-15(13(9)14(16)21)17-11(18)3-2-4-12(19)20/h8H,2-7H2,1H3,(H2,16,21)(H,17,18)(H,19,20)/t8-/m1/s1. The van der Waals surface area contributed by atoms with E-state index >= 15 is 0 Å². The number of fused-ring (bicyclic) bond motifs is 1. The molecule has 1 atom stereocenters. The van der Waals surface area contributed by atoms with Crippen molar-refractivity contribution >= 4 is 34.1 Å². The van der Waals surface area contributed by atoms with Crippen molar-refractivity contribution in [1.82, 2.24) is 0 Å². The van der Waals surface area contributed by atoms with Gasteiger partial charge in [0.15, 0.2) is 0 Å². The van der Waals surface area contributed by atoms with Crippen molar-refractivity contribution < 1.29 is 19.5 Å². The van der Waals surface area contributed by atoms with Crippen LogP contribution in [-0.4, -0.2) is 22.9 Å². The summed E-state index contributed by atoms with van der Waals surface area (Å²) in [5.74, 6) is -1.17. The van der Waals surface area contributed by atoms with Gasteiger partial charge in [-0.2, -0.15) is 0 Å². The van der Waals surface area contributed by atoms with Crippen molar-refractivity contribution in [3.05, 3.63) is 16.0 Å². The molecule has 0 fully saturated rings. The van der Waals surface area contributed by atoms with Crippen LogP contribution in [0.3, 0.4) is 0 Å². The Labute approximate surface area is 132 Å². The van der Waals surface area contributed by atoms with Gasteiger partial charge in [0.05, 0.1) is 5.56 Å². The number of primary amides is 1. The minimum atomic E-state index is -0.925. The van der Waals surface area contributed by atoms with E-state index in [0.717, 1.165) is 29.7 Å². The van der Waals surface area contributed by atoms with Gasteiger partial charge in [0.2, 0.25) is 5.91 Å². The first-order valence-electron chi connectivity index (χ1n) is 7.34. The molecule has 2 rings (SSSR count). The van der Waals surface area contributed by atoms with E-state index in [9.17, 15) is 14.4 Å². The lowest BCUT2D eigenvalue weighted by Crippen LogP contribution is -2.19. The molecule has 6 nitrogen and oxygen atoms in total. The first-order chi connectivity index (χ1) is 10.4. The van der Waals surface area contributed by atoms with Crippen LogP contribution in [0.5, 0.6) is 0 Å². The van der Waals surface area contributed by atoms with Gasteiger partial charge in [0.1, 0.15) is 5.00 Å². The highest BCUT2D eigenvalue weighted by Crippen LogP contribution is 2.39. The van der Waals surface area contributed by atoms with Crippen molar-refractivity contribution in [1.29, 1.82) is 0 Å². The second-order valence-electron chi connectivity index (χ2n) is 5.72. The van der Waals surface area contributed by atoms with Gasteiger partial charge in [-0.25, -0.2) is 0 Å². The Bertz CT molecular complexity index is 609. The molecule has 0 aromatic carbocycles. The van der Waals surface area contributed by atoms with E-state index in [1.54, 1.807) is 0 Å². The summed E-state index contributed by atoms with van der Waals surface area (Å²) in [6.45, 7) is 2.16. The highest BCUT2D eigenvalue weighted by molar-refractivity contribution is 7.17. The first kappa shape index (κ1) is 16.5. The summed E-state index contributed by atoms with van der Waals surface area (Å²) in [6.07, 6.45) is 3.05. The number of rotatable bonds is 6. The minimum absolute atomic E-state index is 0.0471. The quantitative estimate of drug-likeness (QED) is 0.745. The number of aliphatic carboxylic acids is 1. The van der Waals surface area contributed by atoms with Crippen LogP contribution in [0.25, 0.3) is 0 Å². The predicted molar refractivity (Wildman–Crippen MR) is 84.1 cm³/mol. The average molecular weight is 324 g/mol. The third kappa shape index (κ3) is 3.85. The maximum Gasteiger partial charge on any atom is 0.303 e. The van der Waals surface area contributed by atoms with Crippen molar-refractivity contribution in [2.45, 2.75) is 45.4 Å². The van der Waals surface area contributed by atoms with Gasteiger partial charge >= 0.3 is 5.97 Å². The van der Waals surface area contributed by atoms with E-state index in [1.165, 1.54) is 11.3 Å². The zero-order valence-electron chi connectivity index (χ0n) is 12.5. The van der Waals surface area contributed by atoms with E-state index in [-0.39, 0.29) is 25.2 Å². The van der Waals surface area contributed by atoms with E-state index < -0.39 is 11.9 Å². The summed E-state index contributed by atoms with van der Waals surface area (Å²) >= 11 is 1.41. The Hall–Kier alpha value is -1.89. The lowest BCUT2D eigenvalue weighted by molar-refractivity contribution is -0.137. The molecule has 0 aliphatic heterocycles. The molecule has 1 aliphatic carbocycles. The zero-order chi connectivity index (χ0) is 16.3. The number of amides is 2. The van der Waals surface area contributed by atoms with Gasteiger partial charge < -0.3 is 16.2 Å². The topological polar surface area (TPSA) is 109 Å². The van der Waals surface area contributed by atoms with E-state index in [1.807, 2.05) is 0 Å². The van der Waals surface area contributed by atoms with Crippen LogP contribution in [0.4, 0.5) is 5.00 Å². The molecule has 22 heavy (non-hydrogen) atoms. The maximum atomic E-state index is 11.9. The number of carboxylic acid groups (broad SMARTS) is 1. The molecular weight excluding hydrogens is 304 g/mol. The normalized spacial score (nSPS) is 16.9. The summed E-state index contributed by atoms with van der Waals surface area (Å²) < 4.78 is 0. The van der Waals surface area contributed by atoms with Crippen molar-refractivity contribution in [2.24, 2.45) is 11.7 Å². The van der Waals surface area contributed by atoms with Crippen LogP contribution in [0, 0.1) is 5.92 Å². The summed E-state index contributed by atoms with van der Waals surface area (Å²) in [6, 6.07) is 0. The number of thiophene rings is 1. The Kier molecular flexibility index (Phi) is 5.18. The fourth-order valence-electron chi connectivity index (χ4n) is 2.69. The van der Waals surface area contributed by atoms with Crippen molar-refractivity contribution in [2.75, 3.05) is 5.32 Å². The number of nitrogens with two attached hydrogens (primary N) is 1. The molecule has 1 aromatic rings. The molecule has 0 saturated carbocycles. The minimum Gasteiger partial charge on any atom is -0.481 e. The van der Waals surface area contributed by atoms with Gasteiger partial charge in [-0.05, 0) is 37.2 Å². The Balaban J connectivity index is 2.12. The molecule has 120 valence electrons. The van der Waals surface area contributed by atoms with Crippen molar-refractivity contribution in [3.63, 3.8) is 0 Å². The summed E-state index contributed by atoms with van der Waals surface area (Å²) in [5, 5.41) is 11.8. The van der Waals surface area contributed by atoms with Crippen LogP contribution >= 0.6 is 11.3 Å². The van der Waals surface area contributed by atoms with E-state index in [4.69, 9.17) is 10.8 Å². The highest BCUT2D eigenvalue weighted by Gasteiger charge is 2.27. The van der Waals surface area contributed by atoms with E-state index in [2.05, 4.69) is 12.2 Å². The Morgan fingerprint density at radius 1 is 1.36 bits per heavy atom. The number of hydrogen-bond acceptors (Lipinski definition) is 4. The lowest BCUT2D eigenvalue weighted by Gasteiger charge is -2.18. The summed E-state index contributed by atoms with van der Waals surface area (Å²) in [5.41, 5.74) is 6.87. The third-order valence-corrected chi connectivity index (χ3v) is 4.98.